The molecule has 0 aliphatic heterocycles. The molecule has 0 saturated carbocycles. The molecule has 84 valence electrons. The first kappa shape index (κ1) is 12.0. The maximum Gasteiger partial charge on any atom is 0.357 e. The molecule has 2 N–H and O–H groups in total. The predicted octanol–water partition coefficient (Wildman–Crippen LogP) is 2.10. The van der Waals surface area contributed by atoms with Crippen molar-refractivity contribution in [1.82, 2.24) is 4.98 Å². The van der Waals surface area contributed by atoms with Crippen LogP contribution in [0.2, 0.25) is 0 Å². The molecule has 0 radical (unpaired) electrons. The summed E-state index contributed by atoms with van der Waals surface area (Å²) in [6.07, 6.45) is 1.85. The van der Waals surface area contributed by atoms with Crippen molar-refractivity contribution in [2.24, 2.45) is 5.92 Å². The molecule has 1 heterocycles. The van der Waals surface area contributed by atoms with E-state index in [9.17, 15) is 4.79 Å². The Hall–Kier alpha value is -1.10. The smallest absolute Gasteiger partial charge is 0.357 e. The molecule has 4 nitrogen and oxygen atoms in total. The Morgan fingerprint density at radius 2 is 2.27 bits per heavy atom. The van der Waals surface area contributed by atoms with Crippen LogP contribution in [0.4, 0.5) is 5.13 Å². The van der Waals surface area contributed by atoms with Crippen molar-refractivity contribution in [1.29, 1.82) is 0 Å². The summed E-state index contributed by atoms with van der Waals surface area (Å²) < 4.78 is 4.65. The second-order valence-electron chi connectivity index (χ2n) is 3.75. The van der Waals surface area contributed by atoms with Gasteiger partial charge in [-0.1, -0.05) is 13.8 Å². The second kappa shape index (κ2) is 5.11. The van der Waals surface area contributed by atoms with Crippen LogP contribution in [0, 0.1) is 5.92 Å². The minimum absolute atomic E-state index is 0.376. The van der Waals surface area contributed by atoms with Crippen LogP contribution in [0.3, 0.4) is 0 Å². The van der Waals surface area contributed by atoms with Gasteiger partial charge in [0.2, 0.25) is 0 Å². The Bertz CT molecular complexity index is 347. The number of carbonyl (C=O) groups excluding carboxylic acids is 1. The molecule has 1 aromatic rings. The topological polar surface area (TPSA) is 65.2 Å². The van der Waals surface area contributed by atoms with Crippen LogP contribution in [0.1, 0.15) is 35.6 Å². The highest BCUT2D eigenvalue weighted by Crippen LogP contribution is 2.23. The normalized spacial score (nSPS) is 10.7. The van der Waals surface area contributed by atoms with Crippen molar-refractivity contribution in [3.8, 4) is 0 Å². The van der Waals surface area contributed by atoms with Crippen LogP contribution in [0.25, 0.3) is 0 Å². The quantitative estimate of drug-likeness (QED) is 0.801. The maximum atomic E-state index is 11.4. The van der Waals surface area contributed by atoms with Crippen molar-refractivity contribution < 1.29 is 9.53 Å². The Labute approximate surface area is 93.5 Å². The number of anilines is 1. The number of thiazole rings is 1. The average molecular weight is 228 g/mol. The van der Waals surface area contributed by atoms with Gasteiger partial charge in [-0.15, -0.1) is 11.3 Å². The highest BCUT2D eigenvalue weighted by molar-refractivity contribution is 7.15. The van der Waals surface area contributed by atoms with E-state index in [1.807, 2.05) is 0 Å². The van der Waals surface area contributed by atoms with Gasteiger partial charge in [-0.2, -0.15) is 0 Å². The van der Waals surface area contributed by atoms with Gasteiger partial charge in [-0.05, 0) is 18.8 Å². The fraction of sp³-hybridized carbons (Fsp3) is 0.600. The minimum atomic E-state index is -0.401. The lowest BCUT2D eigenvalue weighted by molar-refractivity contribution is 0.0593. The van der Waals surface area contributed by atoms with Crippen molar-refractivity contribution in [2.75, 3.05) is 12.8 Å². The summed E-state index contributed by atoms with van der Waals surface area (Å²) in [5.41, 5.74) is 5.95. The standard InChI is InChI=1S/C10H16N2O2S/c1-6(2)4-5-7-8(9(13)14-3)12-10(11)15-7/h6H,4-5H2,1-3H3,(H2,11,12). The zero-order valence-electron chi connectivity index (χ0n) is 9.24. The third kappa shape index (κ3) is 3.20. The number of nitrogens with zero attached hydrogens (tertiary/aromatic N) is 1. The van der Waals surface area contributed by atoms with Crippen LogP contribution < -0.4 is 5.73 Å². The number of aryl methyl sites for hydroxylation is 1. The van der Waals surface area contributed by atoms with Gasteiger partial charge in [0, 0.05) is 4.88 Å². The molecule has 0 saturated heterocycles. The second-order valence-corrected chi connectivity index (χ2v) is 4.86. The van der Waals surface area contributed by atoms with Crippen LogP contribution >= 0.6 is 11.3 Å². The number of aromatic nitrogens is 1. The zero-order valence-corrected chi connectivity index (χ0v) is 10.1. The van der Waals surface area contributed by atoms with E-state index in [0.717, 1.165) is 17.7 Å². The molecule has 0 aliphatic rings. The molecule has 0 aromatic carbocycles. The summed E-state index contributed by atoms with van der Waals surface area (Å²) in [5, 5.41) is 0.425. The van der Waals surface area contributed by atoms with Gasteiger partial charge < -0.3 is 10.5 Å². The minimum Gasteiger partial charge on any atom is -0.464 e. The van der Waals surface area contributed by atoms with E-state index in [0.29, 0.717) is 16.7 Å². The molecular formula is C10H16N2O2S. The first-order chi connectivity index (χ1) is 7.04. The molecule has 0 atom stereocenters. The van der Waals surface area contributed by atoms with Gasteiger partial charge in [-0.3, -0.25) is 0 Å². The molecule has 15 heavy (non-hydrogen) atoms. The SMILES string of the molecule is COC(=O)c1nc(N)sc1CCC(C)C. The van der Waals surface area contributed by atoms with E-state index in [1.54, 1.807) is 0 Å². The van der Waals surface area contributed by atoms with Gasteiger partial charge in [0.25, 0.3) is 0 Å². The fourth-order valence-electron chi connectivity index (χ4n) is 1.22. The zero-order chi connectivity index (χ0) is 11.4. The third-order valence-electron chi connectivity index (χ3n) is 2.04. The third-order valence-corrected chi connectivity index (χ3v) is 2.99. The number of hydrogen-bond donors (Lipinski definition) is 1. The fourth-order valence-corrected chi connectivity index (χ4v) is 2.05. The highest BCUT2D eigenvalue weighted by atomic mass is 32.1. The number of nitrogen functional groups attached to an aromatic ring is 1. The maximum absolute atomic E-state index is 11.4. The van der Waals surface area contributed by atoms with E-state index in [4.69, 9.17) is 5.73 Å². The van der Waals surface area contributed by atoms with Crippen molar-refractivity contribution in [2.45, 2.75) is 26.7 Å². The number of esters is 1. The van der Waals surface area contributed by atoms with Gasteiger partial charge in [-0.25, -0.2) is 9.78 Å². The molecule has 0 aliphatic carbocycles. The van der Waals surface area contributed by atoms with Crippen LogP contribution in [-0.4, -0.2) is 18.1 Å². The number of ether oxygens (including phenoxy) is 1. The highest BCUT2D eigenvalue weighted by Gasteiger charge is 2.17. The first-order valence-electron chi connectivity index (χ1n) is 4.88. The van der Waals surface area contributed by atoms with Crippen LogP contribution in [0.15, 0.2) is 0 Å². The van der Waals surface area contributed by atoms with Gasteiger partial charge >= 0.3 is 5.97 Å². The summed E-state index contributed by atoms with van der Waals surface area (Å²) >= 11 is 1.37. The van der Waals surface area contributed by atoms with E-state index in [1.165, 1.54) is 18.4 Å². The molecule has 0 spiro atoms. The number of methoxy groups -OCH3 is 1. The molecule has 0 fully saturated rings. The molecule has 0 bridgehead atoms. The average Bonchev–Trinajstić information content (AvgIpc) is 2.55. The summed E-state index contributed by atoms with van der Waals surface area (Å²) in [5.74, 6) is 0.195. The lowest BCUT2D eigenvalue weighted by Gasteiger charge is -2.03. The molecular weight excluding hydrogens is 212 g/mol. The van der Waals surface area contributed by atoms with Gasteiger partial charge in [0.05, 0.1) is 7.11 Å². The number of nitrogens with two attached hydrogens (primary N) is 1. The molecule has 0 amide bonds. The molecule has 0 unspecified atom stereocenters. The summed E-state index contributed by atoms with van der Waals surface area (Å²) in [6.45, 7) is 4.28. The first-order valence-corrected chi connectivity index (χ1v) is 5.69. The lowest BCUT2D eigenvalue weighted by atomic mass is 10.1. The Morgan fingerprint density at radius 3 is 2.80 bits per heavy atom. The van der Waals surface area contributed by atoms with Crippen LogP contribution in [0.5, 0.6) is 0 Å². The Balaban J connectivity index is 2.81. The lowest BCUT2D eigenvalue weighted by Crippen LogP contribution is -2.05. The monoisotopic (exact) mass is 228 g/mol. The number of carbonyl (C=O) groups is 1. The Kier molecular flexibility index (Phi) is 4.08. The van der Waals surface area contributed by atoms with E-state index in [2.05, 4.69) is 23.6 Å². The van der Waals surface area contributed by atoms with Crippen molar-refractivity contribution >= 4 is 22.4 Å². The van der Waals surface area contributed by atoms with E-state index in [-0.39, 0.29) is 0 Å². The summed E-state index contributed by atoms with van der Waals surface area (Å²) in [7, 11) is 1.35. The van der Waals surface area contributed by atoms with Gasteiger partial charge in [0.15, 0.2) is 10.8 Å². The number of hydrogen-bond acceptors (Lipinski definition) is 5. The van der Waals surface area contributed by atoms with E-state index < -0.39 is 5.97 Å². The van der Waals surface area contributed by atoms with Crippen molar-refractivity contribution in [3.05, 3.63) is 10.6 Å². The largest absolute Gasteiger partial charge is 0.464 e. The van der Waals surface area contributed by atoms with Gasteiger partial charge in [0.1, 0.15) is 0 Å². The Morgan fingerprint density at radius 1 is 1.60 bits per heavy atom. The molecule has 5 heteroatoms. The van der Waals surface area contributed by atoms with Crippen molar-refractivity contribution in [3.63, 3.8) is 0 Å². The van der Waals surface area contributed by atoms with E-state index >= 15 is 0 Å². The summed E-state index contributed by atoms with van der Waals surface area (Å²) in [4.78, 5) is 16.3. The predicted molar refractivity (Wildman–Crippen MR) is 61.0 cm³/mol. The number of rotatable bonds is 4. The molecule has 1 aromatic heterocycles. The summed E-state index contributed by atoms with van der Waals surface area (Å²) in [6, 6.07) is 0. The van der Waals surface area contributed by atoms with Crippen LogP contribution in [-0.2, 0) is 11.2 Å². The molecule has 1 rings (SSSR count).